The first-order valence-electron chi connectivity index (χ1n) is 9.21. The number of nitrogens with two attached hydrogens (primary N) is 1. The molecule has 0 fully saturated rings. The Balaban J connectivity index is 1.75. The van der Waals surface area contributed by atoms with Crippen molar-refractivity contribution in [1.82, 2.24) is 5.32 Å². The third-order valence-corrected chi connectivity index (χ3v) is 4.76. The van der Waals surface area contributed by atoms with Crippen LogP contribution in [0.15, 0.2) is 48.5 Å². The summed E-state index contributed by atoms with van der Waals surface area (Å²) in [6.45, 7) is 4.17. The molecule has 0 radical (unpaired) electrons. The Morgan fingerprint density at radius 1 is 1.21 bits per heavy atom. The molecule has 28 heavy (non-hydrogen) atoms. The maximum Gasteiger partial charge on any atom is 0.260 e. The number of carbonyl (C=O) groups excluding carboxylic acids is 2. The Kier molecular flexibility index (Phi) is 5.94. The summed E-state index contributed by atoms with van der Waals surface area (Å²) in [5.74, 6) is -0.482. The fraction of sp³-hybridized carbons (Fsp3) is 0.333. The van der Waals surface area contributed by atoms with Gasteiger partial charge in [-0.3, -0.25) is 9.59 Å². The number of nitrogens with zero attached hydrogens (tertiary/aromatic N) is 1. The summed E-state index contributed by atoms with van der Waals surface area (Å²) in [7, 11) is 0. The van der Waals surface area contributed by atoms with Gasteiger partial charge in [-0.15, -0.1) is 0 Å². The lowest BCUT2D eigenvalue weighted by molar-refractivity contribution is -0.125. The van der Waals surface area contributed by atoms with Crippen molar-refractivity contribution in [2.45, 2.75) is 26.0 Å². The van der Waals surface area contributed by atoms with Crippen molar-refractivity contribution in [3.05, 3.63) is 59.9 Å². The molecule has 0 aliphatic carbocycles. The number of nitrogens with one attached hydrogen (secondary N) is 1. The van der Waals surface area contributed by atoms with Crippen LogP contribution in [0.3, 0.4) is 0 Å². The first-order chi connectivity index (χ1) is 13.4. The average molecular weight is 385 g/mol. The maximum atomic E-state index is 13.2. The van der Waals surface area contributed by atoms with Gasteiger partial charge in [0.05, 0.1) is 18.8 Å². The summed E-state index contributed by atoms with van der Waals surface area (Å²) >= 11 is 0. The molecule has 0 saturated carbocycles. The molecule has 2 atom stereocenters. The van der Waals surface area contributed by atoms with Gasteiger partial charge in [-0.25, -0.2) is 4.39 Å². The van der Waals surface area contributed by atoms with Crippen molar-refractivity contribution in [3.63, 3.8) is 0 Å². The number of hydrogen-bond donors (Lipinski definition) is 2. The summed E-state index contributed by atoms with van der Waals surface area (Å²) in [6, 6.07) is 13.2. The number of amides is 2. The van der Waals surface area contributed by atoms with Crippen LogP contribution in [0.1, 0.15) is 25.5 Å². The van der Waals surface area contributed by atoms with Crippen molar-refractivity contribution < 1.29 is 18.7 Å². The van der Waals surface area contributed by atoms with Gasteiger partial charge in [-0.1, -0.05) is 38.1 Å². The zero-order valence-electron chi connectivity index (χ0n) is 15.9. The number of ether oxygens (including phenoxy) is 1. The highest BCUT2D eigenvalue weighted by Crippen LogP contribution is 2.33. The normalized spacial score (nSPS) is 17.0. The van der Waals surface area contributed by atoms with E-state index in [1.165, 1.54) is 17.0 Å². The summed E-state index contributed by atoms with van der Waals surface area (Å²) in [6.07, 6.45) is -0.892. The number of fused-ring (bicyclic) bond motifs is 1. The van der Waals surface area contributed by atoms with E-state index >= 15 is 0 Å². The highest BCUT2D eigenvalue weighted by molar-refractivity contribution is 5.98. The molecule has 0 bridgehead atoms. The molecule has 0 saturated heterocycles. The lowest BCUT2D eigenvalue weighted by atomic mass is 9.96. The Morgan fingerprint density at radius 3 is 2.54 bits per heavy atom. The summed E-state index contributed by atoms with van der Waals surface area (Å²) < 4.78 is 18.8. The van der Waals surface area contributed by atoms with E-state index in [2.05, 4.69) is 5.32 Å². The van der Waals surface area contributed by atoms with E-state index in [0.29, 0.717) is 11.4 Å². The van der Waals surface area contributed by atoms with Crippen molar-refractivity contribution in [2.24, 2.45) is 11.7 Å². The third-order valence-electron chi connectivity index (χ3n) is 4.76. The van der Waals surface area contributed by atoms with E-state index in [9.17, 15) is 14.0 Å². The molecular weight excluding hydrogens is 361 g/mol. The van der Waals surface area contributed by atoms with Gasteiger partial charge < -0.3 is 20.7 Å². The van der Waals surface area contributed by atoms with Crippen LogP contribution in [0.4, 0.5) is 10.1 Å². The standard InChI is InChI=1S/C21H24FN3O3/c1-13(2)20(14-7-9-15(22)10-8-14)24-11-19(26)25-12-18(21(23)27)28-17-6-4-3-5-16(17)25/h3-10,13,18,20,24H,11-12H2,1-2H3,(H2,23,27)/t18-,20+/m1/s1. The number of anilines is 1. The number of benzene rings is 2. The molecule has 3 N–H and O–H groups in total. The van der Waals surface area contributed by atoms with Crippen LogP contribution in [0.2, 0.25) is 0 Å². The van der Waals surface area contributed by atoms with Crippen LogP contribution in [0, 0.1) is 11.7 Å². The van der Waals surface area contributed by atoms with Crippen LogP contribution in [-0.2, 0) is 9.59 Å². The minimum Gasteiger partial charge on any atom is -0.477 e. The zero-order chi connectivity index (χ0) is 20.3. The van der Waals surface area contributed by atoms with Gasteiger partial charge in [-0.2, -0.15) is 0 Å². The predicted octanol–water partition coefficient (Wildman–Crippen LogP) is 2.39. The van der Waals surface area contributed by atoms with E-state index in [1.54, 1.807) is 36.4 Å². The minimum atomic E-state index is -0.892. The van der Waals surface area contributed by atoms with Crippen LogP contribution in [0.25, 0.3) is 0 Å². The number of carbonyl (C=O) groups is 2. The van der Waals surface area contributed by atoms with E-state index in [1.807, 2.05) is 13.8 Å². The number of rotatable bonds is 6. The quantitative estimate of drug-likeness (QED) is 0.800. The Hall–Kier alpha value is -2.93. The van der Waals surface area contributed by atoms with Crippen LogP contribution < -0.4 is 20.7 Å². The van der Waals surface area contributed by atoms with Gasteiger partial charge in [-0.05, 0) is 35.7 Å². The minimum absolute atomic E-state index is 0.0556. The van der Waals surface area contributed by atoms with E-state index < -0.39 is 12.0 Å². The first-order valence-corrected chi connectivity index (χ1v) is 9.21. The van der Waals surface area contributed by atoms with Crippen LogP contribution in [0.5, 0.6) is 5.75 Å². The van der Waals surface area contributed by atoms with Crippen molar-refractivity contribution in [1.29, 1.82) is 0 Å². The predicted molar refractivity (Wildman–Crippen MR) is 104 cm³/mol. The fourth-order valence-corrected chi connectivity index (χ4v) is 3.32. The average Bonchev–Trinajstić information content (AvgIpc) is 2.68. The molecule has 2 aromatic carbocycles. The monoisotopic (exact) mass is 385 g/mol. The highest BCUT2D eigenvalue weighted by atomic mass is 19.1. The van der Waals surface area contributed by atoms with E-state index in [-0.39, 0.29) is 36.8 Å². The van der Waals surface area contributed by atoms with Gasteiger partial charge in [0, 0.05) is 6.04 Å². The Labute approximate surface area is 163 Å². The first kappa shape index (κ1) is 19.8. The molecule has 6 nitrogen and oxygen atoms in total. The molecule has 0 unspecified atom stereocenters. The van der Waals surface area contributed by atoms with Crippen molar-refractivity contribution in [2.75, 3.05) is 18.0 Å². The summed E-state index contributed by atoms with van der Waals surface area (Å²) in [5.41, 5.74) is 6.90. The second kappa shape index (κ2) is 8.39. The van der Waals surface area contributed by atoms with Crippen LogP contribution in [-0.4, -0.2) is 31.0 Å². The van der Waals surface area contributed by atoms with Gasteiger partial charge in [0.15, 0.2) is 6.10 Å². The third kappa shape index (κ3) is 4.31. The molecule has 0 aromatic heterocycles. The zero-order valence-corrected chi connectivity index (χ0v) is 15.9. The van der Waals surface area contributed by atoms with Gasteiger partial charge >= 0.3 is 0 Å². The molecule has 0 spiro atoms. The fourth-order valence-electron chi connectivity index (χ4n) is 3.32. The van der Waals surface area contributed by atoms with Crippen LogP contribution >= 0.6 is 0 Å². The molecule has 148 valence electrons. The van der Waals surface area contributed by atoms with Crippen molar-refractivity contribution in [3.8, 4) is 5.75 Å². The molecule has 1 heterocycles. The van der Waals surface area contributed by atoms with Gasteiger partial charge in [0.25, 0.3) is 5.91 Å². The highest BCUT2D eigenvalue weighted by Gasteiger charge is 2.32. The molecule has 3 rings (SSSR count). The number of hydrogen-bond acceptors (Lipinski definition) is 4. The maximum absolute atomic E-state index is 13.2. The number of halogens is 1. The lowest BCUT2D eigenvalue weighted by Crippen LogP contribution is -2.51. The van der Waals surface area contributed by atoms with Crippen molar-refractivity contribution >= 4 is 17.5 Å². The van der Waals surface area contributed by atoms with E-state index in [0.717, 1.165) is 5.56 Å². The Morgan fingerprint density at radius 2 is 1.89 bits per heavy atom. The number of primary amides is 1. The largest absolute Gasteiger partial charge is 0.477 e. The molecule has 2 amide bonds. The van der Waals surface area contributed by atoms with E-state index in [4.69, 9.17) is 10.5 Å². The lowest BCUT2D eigenvalue weighted by Gasteiger charge is -2.34. The molecule has 2 aromatic rings. The molecule has 1 aliphatic rings. The second-order valence-corrected chi connectivity index (χ2v) is 7.14. The molecular formula is C21H24FN3O3. The second-order valence-electron chi connectivity index (χ2n) is 7.14. The smallest absolute Gasteiger partial charge is 0.260 e. The summed E-state index contributed by atoms with van der Waals surface area (Å²) in [4.78, 5) is 26.1. The van der Waals surface area contributed by atoms with Gasteiger partial charge in [0.2, 0.25) is 5.91 Å². The Bertz CT molecular complexity index is 854. The molecule has 1 aliphatic heterocycles. The topological polar surface area (TPSA) is 84.7 Å². The number of para-hydroxylation sites is 2. The summed E-state index contributed by atoms with van der Waals surface area (Å²) in [5, 5.41) is 3.26. The SMILES string of the molecule is CC(C)[C@H](NCC(=O)N1C[C@H](C(N)=O)Oc2ccccc21)c1ccc(F)cc1. The van der Waals surface area contributed by atoms with Gasteiger partial charge in [0.1, 0.15) is 11.6 Å². The molecule has 7 heteroatoms.